The molecule has 2 rings (SSSR count). The molecule has 1 aliphatic rings. The first-order valence-electron chi connectivity index (χ1n) is 8.23. The monoisotopic (exact) mass is 325 g/mol. The Bertz CT molecular complexity index is 545. The highest BCUT2D eigenvalue weighted by Crippen LogP contribution is 2.26. The average Bonchev–Trinajstić information content (AvgIpc) is 2.90. The molecule has 0 bridgehead atoms. The fourth-order valence-electron chi connectivity index (χ4n) is 2.91. The molecule has 1 fully saturated rings. The molecule has 0 saturated carbocycles. The minimum atomic E-state index is -1.10. The van der Waals surface area contributed by atoms with E-state index >= 15 is 0 Å². The van der Waals surface area contributed by atoms with Gasteiger partial charge in [-0.2, -0.15) is 5.10 Å². The van der Waals surface area contributed by atoms with Crippen LogP contribution in [0.25, 0.3) is 0 Å². The van der Waals surface area contributed by atoms with Crippen LogP contribution in [0, 0.1) is 6.92 Å². The number of nitrogens with zero attached hydrogens (tertiary/aromatic N) is 3. The lowest BCUT2D eigenvalue weighted by atomic mass is 9.86. The van der Waals surface area contributed by atoms with Gasteiger partial charge in [-0.25, -0.2) is 0 Å². The maximum Gasteiger partial charge on any atom is 0.272 e. The second-order valence-corrected chi connectivity index (χ2v) is 6.07. The fraction of sp³-hybridized carbons (Fsp3) is 0.750. The van der Waals surface area contributed by atoms with Crippen LogP contribution in [-0.4, -0.2) is 68.8 Å². The number of aliphatic hydroxyl groups is 2. The van der Waals surface area contributed by atoms with Gasteiger partial charge in [0.25, 0.3) is 5.91 Å². The second-order valence-electron chi connectivity index (χ2n) is 6.07. The molecular formula is C16H27N3O4. The third-order valence-corrected chi connectivity index (χ3v) is 4.50. The summed E-state index contributed by atoms with van der Waals surface area (Å²) in [6.07, 6.45) is -0.0737. The van der Waals surface area contributed by atoms with Gasteiger partial charge in [-0.1, -0.05) is 6.92 Å². The van der Waals surface area contributed by atoms with Crippen molar-refractivity contribution in [3.8, 4) is 0 Å². The average molecular weight is 325 g/mol. The standard InChI is InChI=1S/C16H27N3O4/c1-4-16(22)6-7-18(11-14(16)20)15(21)13-10-12(3)17-19(13)8-9-23-5-2/h10,14,20,22H,4-9,11H2,1-3H3/t14-,16-/m0/s1. The van der Waals surface area contributed by atoms with Crippen molar-refractivity contribution >= 4 is 5.91 Å². The molecule has 7 nitrogen and oxygen atoms in total. The number of aryl methyl sites for hydroxylation is 1. The predicted octanol–water partition coefficient (Wildman–Crippen LogP) is 0.576. The molecule has 0 aliphatic carbocycles. The molecule has 130 valence electrons. The summed E-state index contributed by atoms with van der Waals surface area (Å²) in [5.41, 5.74) is 0.172. The summed E-state index contributed by atoms with van der Waals surface area (Å²) in [5, 5.41) is 24.8. The van der Waals surface area contributed by atoms with E-state index < -0.39 is 11.7 Å². The number of likely N-dealkylation sites (tertiary alicyclic amines) is 1. The van der Waals surface area contributed by atoms with E-state index in [0.29, 0.717) is 44.8 Å². The van der Waals surface area contributed by atoms with Crippen LogP contribution in [0.3, 0.4) is 0 Å². The van der Waals surface area contributed by atoms with Crippen LogP contribution >= 0.6 is 0 Å². The van der Waals surface area contributed by atoms with Gasteiger partial charge in [-0.15, -0.1) is 0 Å². The second kappa shape index (κ2) is 7.42. The minimum absolute atomic E-state index is 0.138. The van der Waals surface area contributed by atoms with E-state index in [0.717, 1.165) is 5.69 Å². The first-order valence-corrected chi connectivity index (χ1v) is 8.23. The number of amides is 1. The summed E-state index contributed by atoms with van der Waals surface area (Å²) >= 11 is 0. The number of ether oxygens (including phenoxy) is 1. The van der Waals surface area contributed by atoms with Crippen molar-refractivity contribution in [3.05, 3.63) is 17.5 Å². The number of hydrogen-bond donors (Lipinski definition) is 2. The first-order chi connectivity index (χ1) is 10.9. The maximum absolute atomic E-state index is 12.7. The first kappa shape index (κ1) is 17.9. The molecule has 0 spiro atoms. The molecule has 2 heterocycles. The zero-order valence-corrected chi connectivity index (χ0v) is 14.2. The van der Waals surface area contributed by atoms with E-state index in [1.54, 1.807) is 15.6 Å². The number of carbonyl (C=O) groups excluding carboxylic acids is 1. The number of β-amino-alcohol motifs (C(OH)–C–C–N with tert-alkyl or cyclic N) is 1. The quantitative estimate of drug-likeness (QED) is 0.747. The van der Waals surface area contributed by atoms with E-state index in [-0.39, 0.29) is 12.5 Å². The Labute approximate surface area is 136 Å². The van der Waals surface area contributed by atoms with Crippen LogP contribution in [0.2, 0.25) is 0 Å². The normalized spacial score (nSPS) is 24.9. The summed E-state index contributed by atoms with van der Waals surface area (Å²) < 4.78 is 6.98. The largest absolute Gasteiger partial charge is 0.388 e. The van der Waals surface area contributed by atoms with Gasteiger partial charge in [0.1, 0.15) is 11.8 Å². The Morgan fingerprint density at radius 2 is 2.26 bits per heavy atom. The topological polar surface area (TPSA) is 87.8 Å². The lowest BCUT2D eigenvalue weighted by Crippen LogP contribution is -2.56. The van der Waals surface area contributed by atoms with Crippen molar-refractivity contribution in [2.24, 2.45) is 0 Å². The smallest absolute Gasteiger partial charge is 0.272 e. The summed E-state index contributed by atoms with van der Waals surface area (Å²) in [4.78, 5) is 14.3. The van der Waals surface area contributed by atoms with E-state index in [2.05, 4.69) is 5.10 Å². The minimum Gasteiger partial charge on any atom is -0.388 e. The van der Waals surface area contributed by atoms with Gasteiger partial charge in [0.2, 0.25) is 0 Å². The third kappa shape index (κ3) is 3.91. The van der Waals surface area contributed by atoms with Gasteiger partial charge in [-0.05, 0) is 32.8 Å². The molecule has 7 heteroatoms. The molecule has 0 radical (unpaired) electrons. The fourth-order valence-corrected chi connectivity index (χ4v) is 2.91. The van der Waals surface area contributed by atoms with Crippen molar-refractivity contribution in [1.82, 2.24) is 14.7 Å². The highest BCUT2D eigenvalue weighted by atomic mass is 16.5. The molecule has 23 heavy (non-hydrogen) atoms. The van der Waals surface area contributed by atoms with Crippen molar-refractivity contribution in [2.75, 3.05) is 26.3 Å². The molecule has 2 atom stereocenters. The Balaban J connectivity index is 2.09. The molecule has 1 saturated heterocycles. The van der Waals surface area contributed by atoms with Crippen LogP contribution < -0.4 is 0 Å². The van der Waals surface area contributed by atoms with Gasteiger partial charge in [0.05, 0.1) is 24.4 Å². The van der Waals surface area contributed by atoms with Gasteiger partial charge >= 0.3 is 0 Å². The zero-order chi connectivity index (χ0) is 17.0. The highest BCUT2D eigenvalue weighted by molar-refractivity contribution is 5.92. The Kier molecular flexibility index (Phi) is 5.78. The zero-order valence-electron chi connectivity index (χ0n) is 14.2. The molecule has 1 aromatic rings. The Morgan fingerprint density at radius 3 is 2.87 bits per heavy atom. The van der Waals surface area contributed by atoms with E-state index in [1.807, 2.05) is 20.8 Å². The SMILES string of the molecule is CCOCCn1nc(C)cc1C(=O)N1CC[C@@](O)(CC)[C@@H](O)C1. The molecule has 0 unspecified atom stereocenters. The summed E-state index contributed by atoms with van der Waals surface area (Å²) in [6, 6.07) is 1.75. The Hall–Kier alpha value is -1.44. The van der Waals surface area contributed by atoms with Gasteiger partial charge < -0.3 is 19.8 Å². The number of aliphatic hydroxyl groups excluding tert-OH is 1. The van der Waals surface area contributed by atoms with Crippen LogP contribution in [0.1, 0.15) is 42.9 Å². The van der Waals surface area contributed by atoms with Crippen LogP contribution in [0.5, 0.6) is 0 Å². The van der Waals surface area contributed by atoms with Crippen molar-refractivity contribution in [1.29, 1.82) is 0 Å². The maximum atomic E-state index is 12.7. The lowest BCUT2D eigenvalue weighted by Gasteiger charge is -2.41. The highest BCUT2D eigenvalue weighted by Gasteiger charge is 2.40. The van der Waals surface area contributed by atoms with Crippen molar-refractivity contribution in [3.63, 3.8) is 0 Å². The van der Waals surface area contributed by atoms with Crippen LogP contribution in [0.15, 0.2) is 6.07 Å². The van der Waals surface area contributed by atoms with E-state index in [1.165, 1.54) is 0 Å². The molecule has 0 aromatic carbocycles. The van der Waals surface area contributed by atoms with Gasteiger partial charge in [0, 0.05) is 19.7 Å². The van der Waals surface area contributed by atoms with Crippen LogP contribution in [-0.2, 0) is 11.3 Å². The number of piperidine rings is 1. The number of rotatable bonds is 6. The van der Waals surface area contributed by atoms with Crippen LogP contribution in [0.4, 0.5) is 0 Å². The number of aromatic nitrogens is 2. The van der Waals surface area contributed by atoms with Crippen molar-refractivity contribution < 1.29 is 19.7 Å². The molecule has 1 aliphatic heterocycles. The predicted molar refractivity (Wildman–Crippen MR) is 85.2 cm³/mol. The lowest BCUT2D eigenvalue weighted by molar-refractivity contribution is -0.114. The van der Waals surface area contributed by atoms with Gasteiger partial charge in [0.15, 0.2) is 0 Å². The number of carbonyl (C=O) groups is 1. The Morgan fingerprint density at radius 1 is 1.52 bits per heavy atom. The van der Waals surface area contributed by atoms with E-state index in [9.17, 15) is 15.0 Å². The third-order valence-electron chi connectivity index (χ3n) is 4.50. The summed E-state index contributed by atoms with van der Waals surface area (Å²) in [6.45, 7) is 7.80. The van der Waals surface area contributed by atoms with E-state index in [4.69, 9.17) is 4.74 Å². The van der Waals surface area contributed by atoms with Gasteiger partial charge in [-0.3, -0.25) is 9.48 Å². The van der Waals surface area contributed by atoms with Crippen molar-refractivity contribution in [2.45, 2.75) is 51.9 Å². The molecule has 1 amide bonds. The molecule has 1 aromatic heterocycles. The summed E-state index contributed by atoms with van der Waals surface area (Å²) in [5.74, 6) is -0.167. The summed E-state index contributed by atoms with van der Waals surface area (Å²) in [7, 11) is 0. The number of hydrogen-bond acceptors (Lipinski definition) is 5. The molecule has 2 N–H and O–H groups in total. The molecular weight excluding hydrogens is 298 g/mol.